The minimum absolute atomic E-state index is 0.0146. The third-order valence-electron chi connectivity index (χ3n) is 5.65. The summed E-state index contributed by atoms with van der Waals surface area (Å²) in [7, 11) is 0. The molecule has 0 unspecified atom stereocenters. The fraction of sp³-hybridized carbons (Fsp3) is 0.292. The van der Waals surface area contributed by atoms with E-state index in [1.807, 2.05) is 35.2 Å². The highest BCUT2D eigenvalue weighted by Gasteiger charge is 2.27. The van der Waals surface area contributed by atoms with E-state index in [0.717, 1.165) is 5.56 Å². The third-order valence-corrected chi connectivity index (χ3v) is 5.65. The summed E-state index contributed by atoms with van der Waals surface area (Å²) in [6, 6.07) is 16.4. The van der Waals surface area contributed by atoms with Gasteiger partial charge in [0.05, 0.1) is 16.8 Å². The van der Waals surface area contributed by atoms with Crippen molar-refractivity contribution in [2.24, 2.45) is 5.92 Å². The Hall–Kier alpha value is -3.73. The van der Waals surface area contributed by atoms with E-state index in [9.17, 15) is 18.8 Å². The zero-order valence-corrected chi connectivity index (χ0v) is 17.3. The Morgan fingerprint density at radius 2 is 1.97 bits per heavy atom. The number of nitrogens with one attached hydrogen (secondary N) is 1. The molecule has 1 N–H and O–H groups in total. The number of aromatic nitrogens is 1. The number of ether oxygens (including phenoxy) is 1. The smallest absolute Gasteiger partial charge is 0.387 e. The minimum atomic E-state index is -2.94. The summed E-state index contributed by atoms with van der Waals surface area (Å²) in [5.41, 5.74) is 2.63. The first-order valence-corrected chi connectivity index (χ1v) is 10.4. The van der Waals surface area contributed by atoms with Crippen molar-refractivity contribution in [3.05, 3.63) is 65.9 Å². The van der Waals surface area contributed by atoms with Crippen molar-refractivity contribution < 1.29 is 18.3 Å². The molecule has 0 radical (unpaired) electrons. The number of carbonyl (C=O) groups excluding carboxylic acids is 1. The maximum Gasteiger partial charge on any atom is 0.387 e. The molecular formula is C24H22F2N4O2. The Bertz CT molecular complexity index is 1140. The van der Waals surface area contributed by atoms with E-state index in [-0.39, 0.29) is 17.6 Å². The van der Waals surface area contributed by atoms with Gasteiger partial charge in [0.1, 0.15) is 11.8 Å². The van der Waals surface area contributed by atoms with E-state index in [2.05, 4.69) is 21.1 Å². The average molecular weight is 436 g/mol. The molecule has 1 aliphatic heterocycles. The van der Waals surface area contributed by atoms with Crippen molar-refractivity contribution in [3.8, 4) is 11.8 Å². The number of halogens is 2. The first-order chi connectivity index (χ1) is 15.5. The Labute approximate surface area is 184 Å². The van der Waals surface area contributed by atoms with Gasteiger partial charge < -0.3 is 15.0 Å². The standard InChI is InChI=1S/C24H22F2N4O2/c25-24(26)32-19-6-7-21-20(12-19)22(18(13-27)15-28-21)30-10-8-17(9-11-30)23(31)29-14-16-4-2-1-3-5-16/h1-7,12,15,17,24H,8-11,14H2,(H,29,31). The number of alkyl halides is 2. The number of rotatable bonds is 6. The fourth-order valence-corrected chi connectivity index (χ4v) is 4.05. The highest BCUT2D eigenvalue weighted by atomic mass is 19.3. The van der Waals surface area contributed by atoms with Crippen molar-refractivity contribution in [1.29, 1.82) is 5.26 Å². The largest absolute Gasteiger partial charge is 0.435 e. The van der Waals surface area contributed by atoms with Gasteiger partial charge in [-0.2, -0.15) is 14.0 Å². The Kier molecular flexibility index (Phi) is 6.45. The number of benzene rings is 2. The summed E-state index contributed by atoms with van der Waals surface area (Å²) >= 11 is 0. The van der Waals surface area contributed by atoms with Crippen molar-refractivity contribution in [2.75, 3.05) is 18.0 Å². The molecule has 1 aliphatic rings. The number of amides is 1. The van der Waals surface area contributed by atoms with Gasteiger partial charge in [0, 0.05) is 37.1 Å². The zero-order valence-electron chi connectivity index (χ0n) is 17.3. The maximum absolute atomic E-state index is 12.7. The van der Waals surface area contributed by atoms with Crippen molar-refractivity contribution in [2.45, 2.75) is 26.0 Å². The lowest BCUT2D eigenvalue weighted by Crippen LogP contribution is -2.40. The summed E-state index contributed by atoms with van der Waals surface area (Å²) in [4.78, 5) is 18.9. The van der Waals surface area contributed by atoms with Crippen molar-refractivity contribution >= 4 is 22.5 Å². The zero-order chi connectivity index (χ0) is 22.5. The molecule has 0 atom stereocenters. The molecule has 6 nitrogen and oxygen atoms in total. The van der Waals surface area contributed by atoms with E-state index in [1.54, 1.807) is 6.07 Å². The lowest BCUT2D eigenvalue weighted by atomic mass is 9.94. The summed E-state index contributed by atoms with van der Waals surface area (Å²) in [6.45, 7) is -1.32. The number of piperidine rings is 1. The molecule has 2 aromatic carbocycles. The third kappa shape index (κ3) is 4.78. The van der Waals surface area contributed by atoms with E-state index in [0.29, 0.717) is 54.6 Å². The molecule has 0 saturated carbocycles. The second-order valence-corrected chi connectivity index (χ2v) is 7.65. The van der Waals surface area contributed by atoms with Crippen LogP contribution in [0, 0.1) is 17.2 Å². The van der Waals surface area contributed by atoms with Crippen LogP contribution < -0.4 is 15.0 Å². The molecule has 1 aromatic heterocycles. The molecule has 1 fully saturated rings. The van der Waals surface area contributed by atoms with E-state index in [1.165, 1.54) is 18.3 Å². The molecule has 32 heavy (non-hydrogen) atoms. The molecule has 3 aromatic rings. The van der Waals surface area contributed by atoms with Crippen LogP contribution in [-0.2, 0) is 11.3 Å². The first kappa shape index (κ1) is 21.5. The molecule has 8 heteroatoms. The number of nitriles is 1. The van der Waals surface area contributed by atoms with Crippen molar-refractivity contribution in [1.82, 2.24) is 10.3 Å². The second kappa shape index (κ2) is 9.60. The summed E-state index contributed by atoms with van der Waals surface area (Å²) < 4.78 is 29.9. The molecule has 1 saturated heterocycles. The number of carbonyl (C=O) groups is 1. The average Bonchev–Trinajstić information content (AvgIpc) is 2.82. The second-order valence-electron chi connectivity index (χ2n) is 7.65. The Balaban J connectivity index is 1.49. The predicted octanol–water partition coefficient (Wildman–Crippen LogP) is 4.24. The number of fused-ring (bicyclic) bond motifs is 1. The maximum atomic E-state index is 12.7. The normalized spacial score (nSPS) is 14.4. The topological polar surface area (TPSA) is 78.2 Å². The summed E-state index contributed by atoms with van der Waals surface area (Å²) in [5, 5.41) is 13.2. The number of pyridine rings is 1. The van der Waals surface area contributed by atoms with Crippen LogP contribution in [0.5, 0.6) is 5.75 Å². The molecule has 0 aliphatic carbocycles. The highest BCUT2D eigenvalue weighted by molar-refractivity contribution is 5.95. The van der Waals surface area contributed by atoms with Gasteiger partial charge in [-0.25, -0.2) is 0 Å². The van der Waals surface area contributed by atoms with Gasteiger partial charge in [-0.15, -0.1) is 0 Å². The predicted molar refractivity (Wildman–Crippen MR) is 116 cm³/mol. The van der Waals surface area contributed by atoms with Gasteiger partial charge in [-0.1, -0.05) is 30.3 Å². The van der Waals surface area contributed by atoms with Crippen LogP contribution in [0.25, 0.3) is 10.9 Å². The Morgan fingerprint density at radius 3 is 2.66 bits per heavy atom. The van der Waals surface area contributed by atoms with Crippen molar-refractivity contribution in [3.63, 3.8) is 0 Å². The van der Waals surface area contributed by atoms with Gasteiger partial charge >= 0.3 is 6.61 Å². The number of hydrogen-bond donors (Lipinski definition) is 1. The number of nitrogens with zero attached hydrogens (tertiary/aromatic N) is 3. The van der Waals surface area contributed by atoms with Gasteiger partial charge in [0.15, 0.2) is 0 Å². The number of hydrogen-bond acceptors (Lipinski definition) is 5. The lowest BCUT2D eigenvalue weighted by Gasteiger charge is -2.34. The van der Waals surface area contributed by atoms with E-state index in [4.69, 9.17) is 0 Å². The van der Waals surface area contributed by atoms with Gasteiger partial charge in [-0.05, 0) is 36.6 Å². The molecular weight excluding hydrogens is 414 g/mol. The van der Waals surface area contributed by atoms with Gasteiger partial charge in [0.2, 0.25) is 5.91 Å². The monoisotopic (exact) mass is 436 g/mol. The molecule has 164 valence electrons. The van der Waals surface area contributed by atoms with Gasteiger partial charge in [0.25, 0.3) is 0 Å². The van der Waals surface area contributed by atoms with Crippen LogP contribution in [0.3, 0.4) is 0 Å². The van der Waals surface area contributed by atoms with Crippen LogP contribution in [0.2, 0.25) is 0 Å². The SMILES string of the molecule is N#Cc1cnc2ccc(OC(F)F)cc2c1N1CCC(C(=O)NCc2ccccc2)CC1. The summed E-state index contributed by atoms with van der Waals surface area (Å²) in [5.74, 6) is -0.0895. The van der Waals surface area contributed by atoms with Crippen LogP contribution in [0.4, 0.5) is 14.5 Å². The van der Waals surface area contributed by atoms with Crippen LogP contribution >= 0.6 is 0 Å². The van der Waals surface area contributed by atoms with E-state index >= 15 is 0 Å². The van der Waals surface area contributed by atoms with Gasteiger partial charge in [-0.3, -0.25) is 9.78 Å². The lowest BCUT2D eigenvalue weighted by molar-refractivity contribution is -0.125. The quantitative estimate of drug-likeness (QED) is 0.625. The molecule has 2 heterocycles. The molecule has 0 spiro atoms. The highest BCUT2D eigenvalue weighted by Crippen LogP contribution is 2.34. The van der Waals surface area contributed by atoms with Crippen LogP contribution in [-0.4, -0.2) is 30.6 Å². The molecule has 1 amide bonds. The van der Waals surface area contributed by atoms with Crippen LogP contribution in [0.15, 0.2) is 54.7 Å². The fourth-order valence-electron chi connectivity index (χ4n) is 4.05. The Morgan fingerprint density at radius 1 is 1.22 bits per heavy atom. The van der Waals surface area contributed by atoms with Crippen LogP contribution in [0.1, 0.15) is 24.0 Å². The van der Waals surface area contributed by atoms with E-state index < -0.39 is 6.61 Å². The first-order valence-electron chi connectivity index (χ1n) is 10.4. The summed E-state index contributed by atoms with van der Waals surface area (Å²) in [6.07, 6.45) is 2.75. The minimum Gasteiger partial charge on any atom is -0.435 e. The number of anilines is 1. The molecule has 0 bridgehead atoms. The molecule has 4 rings (SSSR count).